The van der Waals surface area contributed by atoms with Crippen molar-refractivity contribution in [2.24, 2.45) is 5.92 Å². The molecule has 2 amide bonds. The van der Waals surface area contributed by atoms with Gasteiger partial charge in [0.2, 0.25) is 0 Å². The first-order chi connectivity index (χ1) is 13.9. The zero-order chi connectivity index (χ0) is 20.5. The molecule has 150 valence electrons. The zero-order valence-corrected chi connectivity index (χ0v) is 16.6. The number of aromatic amines is 1. The lowest BCUT2D eigenvalue weighted by Crippen LogP contribution is -2.46. The molecule has 4 N–H and O–H groups in total. The molecule has 7 heteroatoms. The van der Waals surface area contributed by atoms with Gasteiger partial charge in [0.1, 0.15) is 5.82 Å². The third-order valence-corrected chi connectivity index (χ3v) is 5.61. The van der Waals surface area contributed by atoms with E-state index in [1.165, 1.54) is 6.20 Å². The van der Waals surface area contributed by atoms with Crippen molar-refractivity contribution in [1.29, 1.82) is 0 Å². The predicted octanol–water partition coefficient (Wildman–Crippen LogP) is 3.39. The van der Waals surface area contributed by atoms with Crippen LogP contribution in [0.4, 0.5) is 11.5 Å². The number of hydrogen-bond acceptors (Lipinski definition) is 4. The van der Waals surface area contributed by atoms with Gasteiger partial charge in [-0.3, -0.25) is 9.59 Å². The van der Waals surface area contributed by atoms with Crippen molar-refractivity contribution in [2.75, 3.05) is 17.6 Å². The Morgan fingerprint density at radius 2 is 2.07 bits per heavy atom. The molecule has 0 aliphatic carbocycles. The molecule has 2 atom stereocenters. The number of carbonyl (C=O) groups excluding carboxylic acids is 2. The molecule has 4 rings (SSSR count). The van der Waals surface area contributed by atoms with Crippen molar-refractivity contribution in [1.82, 2.24) is 14.9 Å². The number of H-pyrrole nitrogens is 1. The number of aromatic nitrogens is 2. The third kappa shape index (κ3) is 3.81. The summed E-state index contributed by atoms with van der Waals surface area (Å²) in [5.41, 5.74) is 9.04. The van der Waals surface area contributed by atoms with Gasteiger partial charge < -0.3 is 20.9 Å². The van der Waals surface area contributed by atoms with Crippen molar-refractivity contribution in [3.63, 3.8) is 0 Å². The SMILES string of the molecule is Cc1cc(NC(=O)C(=O)N2CC(C)CCC2c2ccc3[nH]ccc3c2)cnc1N. The van der Waals surface area contributed by atoms with Gasteiger partial charge in [-0.05, 0) is 66.5 Å². The van der Waals surface area contributed by atoms with E-state index in [1.807, 2.05) is 24.4 Å². The molecule has 0 saturated carbocycles. The lowest BCUT2D eigenvalue weighted by molar-refractivity contribution is -0.146. The van der Waals surface area contributed by atoms with Gasteiger partial charge in [0.15, 0.2) is 0 Å². The molecule has 0 spiro atoms. The number of rotatable bonds is 2. The second-order valence-corrected chi connectivity index (χ2v) is 7.86. The average Bonchev–Trinajstić information content (AvgIpc) is 3.18. The minimum absolute atomic E-state index is 0.116. The van der Waals surface area contributed by atoms with Crippen LogP contribution in [-0.2, 0) is 9.59 Å². The van der Waals surface area contributed by atoms with Crippen molar-refractivity contribution in [3.05, 3.63) is 53.9 Å². The summed E-state index contributed by atoms with van der Waals surface area (Å²) in [4.78, 5) is 34.7. The van der Waals surface area contributed by atoms with Crippen LogP contribution in [-0.4, -0.2) is 33.2 Å². The van der Waals surface area contributed by atoms with Gasteiger partial charge in [0.25, 0.3) is 0 Å². The van der Waals surface area contributed by atoms with Crippen LogP contribution in [0.15, 0.2) is 42.7 Å². The molecule has 29 heavy (non-hydrogen) atoms. The van der Waals surface area contributed by atoms with Crippen molar-refractivity contribution < 1.29 is 9.59 Å². The highest BCUT2D eigenvalue weighted by molar-refractivity contribution is 6.39. The fourth-order valence-corrected chi connectivity index (χ4v) is 3.97. The summed E-state index contributed by atoms with van der Waals surface area (Å²) in [5.74, 6) is -0.429. The lowest BCUT2D eigenvalue weighted by atomic mass is 9.89. The van der Waals surface area contributed by atoms with Gasteiger partial charge in [-0.15, -0.1) is 0 Å². The number of fused-ring (bicyclic) bond motifs is 1. The molecule has 3 aromatic rings. The molecule has 0 bridgehead atoms. The summed E-state index contributed by atoms with van der Waals surface area (Å²) in [6.07, 6.45) is 5.21. The summed E-state index contributed by atoms with van der Waals surface area (Å²) in [5, 5.41) is 3.76. The van der Waals surface area contributed by atoms with Gasteiger partial charge >= 0.3 is 11.8 Å². The van der Waals surface area contributed by atoms with E-state index in [1.54, 1.807) is 17.9 Å². The van der Waals surface area contributed by atoms with Crippen molar-refractivity contribution >= 4 is 34.2 Å². The molecule has 3 heterocycles. The molecule has 1 fully saturated rings. The van der Waals surface area contributed by atoms with E-state index >= 15 is 0 Å². The minimum Gasteiger partial charge on any atom is -0.383 e. The number of piperidine rings is 1. The van der Waals surface area contributed by atoms with Crippen LogP contribution in [0.2, 0.25) is 0 Å². The molecular formula is C22H25N5O2. The summed E-state index contributed by atoms with van der Waals surface area (Å²) in [6.45, 7) is 4.47. The van der Waals surface area contributed by atoms with Gasteiger partial charge in [-0.1, -0.05) is 13.0 Å². The van der Waals surface area contributed by atoms with E-state index < -0.39 is 11.8 Å². The molecule has 1 aliphatic rings. The maximum absolute atomic E-state index is 13.1. The van der Waals surface area contributed by atoms with Crippen LogP contribution in [0.3, 0.4) is 0 Å². The van der Waals surface area contributed by atoms with Gasteiger partial charge in [-0.2, -0.15) is 0 Å². The molecule has 1 saturated heterocycles. The maximum atomic E-state index is 13.1. The highest BCUT2D eigenvalue weighted by Crippen LogP contribution is 2.34. The van der Waals surface area contributed by atoms with E-state index in [2.05, 4.69) is 28.3 Å². The maximum Gasteiger partial charge on any atom is 0.313 e. The predicted molar refractivity (Wildman–Crippen MR) is 113 cm³/mol. The van der Waals surface area contributed by atoms with Gasteiger partial charge in [0.05, 0.1) is 17.9 Å². The van der Waals surface area contributed by atoms with Gasteiger partial charge in [0, 0.05) is 18.3 Å². The Morgan fingerprint density at radius 1 is 1.24 bits per heavy atom. The van der Waals surface area contributed by atoms with Crippen LogP contribution < -0.4 is 11.1 Å². The minimum atomic E-state index is -0.655. The van der Waals surface area contributed by atoms with E-state index in [0.29, 0.717) is 24.0 Å². The second-order valence-electron chi connectivity index (χ2n) is 7.86. The Morgan fingerprint density at radius 3 is 2.86 bits per heavy atom. The topological polar surface area (TPSA) is 104 Å². The van der Waals surface area contributed by atoms with Crippen molar-refractivity contribution in [2.45, 2.75) is 32.7 Å². The quantitative estimate of drug-likeness (QED) is 0.583. The number of likely N-dealkylation sites (tertiary alicyclic amines) is 1. The summed E-state index contributed by atoms with van der Waals surface area (Å²) < 4.78 is 0. The fraction of sp³-hybridized carbons (Fsp3) is 0.318. The first kappa shape index (κ1) is 19.0. The van der Waals surface area contributed by atoms with E-state index in [9.17, 15) is 9.59 Å². The molecule has 2 aromatic heterocycles. The smallest absolute Gasteiger partial charge is 0.313 e. The molecular weight excluding hydrogens is 366 g/mol. The number of aryl methyl sites for hydroxylation is 1. The number of nitrogens with one attached hydrogen (secondary N) is 2. The van der Waals surface area contributed by atoms with E-state index in [4.69, 9.17) is 5.73 Å². The van der Waals surface area contributed by atoms with Crippen LogP contribution in [0, 0.1) is 12.8 Å². The molecule has 1 aliphatic heterocycles. The zero-order valence-electron chi connectivity index (χ0n) is 16.6. The largest absolute Gasteiger partial charge is 0.383 e. The van der Waals surface area contributed by atoms with Crippen LogP contribution >= 0.6 is 0 Å². The number of carbonyl (C=O) groups is 2. The standard InChI is InChI=1S/C22H25N5O2/c1-13-3-6-19(16-4-5-18-15(10-16)7-8-24-18)27(12-13)22(29)21(28)26-17-9-14(2)20(23)25-11-17/h4-5,7-11,13,19,24H,3,6,12H2,1-2H3,(H2,23,25)(H,26,28). The fourth-order valence-electron chi connectivity index (χ4n) is 3.97. The Labute approximate surface area is 169 Å². The van der Waals surface area contributed by atoms with E-state index in [0.717, 1.165) is 34.9 Å². The normalized spacial score (nSPS) is 19.3. The van der Waals surface area contributed by atoms with Crippen LogP contribution in [0.5, 0.6) is 0 Å². The number of pyridine rings is 1. The van der Waals surface area contributed by atoms with E-state index in [-0.39, 0.29) is 6.04 Å². The summed E-state index contributed by atoms with van der Waals surface area (Å²) >= 11 is 0. The first-order valence-electron chi connectivity index (χ1n) is 9.83. The monoisotopic (exact) mass is 391 g/mol. The van der Waals surface area contributed by atoms with Crippen LogP contribution in [0.1, 0.15) is 36.9 Å². The second kappa shape index (κ2) is 7.58. The number of nitrogens with two attached hydrogens (primary N) is 1. The van der Waals surface area contributed by atoms with Gasteiger partial charge in [-0.25, -0.2) is 4.98 Å². The highest BCUT2D eigenvalue weighted by atomic mass is 16.2. The Balaban J connectivity index is 1.57. The number of anilines is 2. The number of benzene rings is 1. The first-order valence-corrected chi connectivity index (χ1v) is 9.83. The number of nitrogen functional groups attached to an aromatic ring is 1. The Bertz CT molecular complexity index is 1070. The molecule has 0 radical (unpaired) electrons. The van der Waals surface area contributed by atoms with Crippen molar-refractivity contribution in [3.8, 4) is 0 Å². The molecule has 7 nitrogen and oxygen atoms in total. The molecule has 2 unspecified atom stereocenters. The third-order valence-electron chi connectivity index (χ3n) is 5.61. The summed E-state index contributed by atoms with van der Waals surface area (Å²) in [6, 6.07) is 9.76. The highest BCUT2D eigenvalue weighted by Gasteiger charge is 2.34. The number of hydrogen-bond donors (Lipinski definition) is 3. The average molecular weight is 391 g/mol. The Hall–Kier alpha value is -3.35. The lowest BCUT2D eigenvalue weighted by Gasteiger charge is -2.38. The summed E-state index contributed by atoms with van der Waals surface area (Å²) in [7, 11) is 0. The number of nitrogens with zero attached hydrogens (tertiary/aromatic N) is 2. The number of amides is 2. The van der Waals surface area contributed by atoms with Crippen LogP contribution in [0.25, 0.3) is 10.9 Å². The molecule has 1 aromatic carbocycles. The Kier molecular flexibility index (Phi) is 4.96.